The van der Waals surface area contributed by atoms with Gasteiger partial charge >= 0.3 is 6.03 Å². The topological polar surface area (TPSA) is 80.9 Å². The van der Waals surface area contributed by atoms with E-state index in [9.17, 15) is 9.59 Å². The summed E-state index contributed by atoms with van der Waals surface area (Å²) in [6.07, 6.45) is 4.09. The smallest absolute Gasteiger partial charge is 0.329 e. The second-order valence-corrected chi connectivity index (χ2v) is 10.8. The van der Waals surface area contributed by atoms with Crippen molar-refractivity contribution in [2.24, 2.45) is 15.4 Å². The molecule has 8 heteroatoms. The molecule has 1 saturated heterocycles. The molecule has 0 spiro atoms. The molecule has 0 aromatic heterocycles. The van der Waals surface area contributed by atoms with Crippen molar-refractivity contribution in [2.45, 2.75) is 12.0 Å². The molecule has 0 aliphatic carbocycles. The van der Waals surface area contributed by atoms with E-state index in [4.69, 9.17) is 0 Å². The van der Waals surface area contributed by atoms with E-state index >= 15 is 0 Å². The Hall–Kier alpha value is -5.37. The number of rotatable bonds is 4. The molecule has 43 heavy (non-hydrogen) atoms. The van der Waals surface area contributed by atoms with Crippen LogP contribution in [0.5, 0.6) is 0 Å². The normalized spacial score (nSPS) is 17.4. The van der Waals surface area contributed by atoms with E-state index in [-0.39, 0.29) is 11.9 Å². The van der Waals surface area contributed by atoms with Crippen molar-refractivity contribution < 1.29 is 9.59 Å². The quantitative estimate of drug-likeness (QED) is 0.279. The van der Waals surface area contributed by atoms with Gasteiger partial charge in [0.1, 0.15) is 6.54 Å². The molecule has 0 saturated carbocycles. The summed E-state index contributed by atoms with van der Waals surface area (Å²) in [4.78, 5) is 34.5. The highest BCUT2D eigenvalue weighted by Gasteiger charge is 2.41. The van der Waals surface area contributed by atoms with E-state index in [1.807, 2.05) is 131 Å². The Labute approximate surface area is 250 Å². The molecular formula is C35H30N6O2. The number of urea groups is 1. The monoisotopic (exact) mass is 566 g/mol. The van der Waals surface area contributed by atoms with E-state index in [1.54, 1.807) is 4.90 Å². The van der Waals surface area contributed by atoms with Crippen LogP contribution in [0.1, 0.15) is 28.2 Å². The average molecular weight is 567 g/mol. The Morgan fingerprint density at radius 2 is 1.26 bits per heavy atom. The molecule has 3 aliphatic heterocycles. The lowest BCUT2D eigenvalue weighted by atomic mass is 9.89. The van der Waals surface area contributed by atoms with Gasteiger partial charge in [-0.1, -0.05) is 109 Å². The number of nitrogens with zero attached hydrogens (tertiary/aromatic N) is 6. The van der Waals surface area contributed by atoms with E-state index in [2.05, 4.69) is 15.4 Å². The minimum Gasteiger partial charge on any atom is -0.338 e. The van der Waals surface area contributed by atoms with E-state index in [0.29, 0.717) is 31.9 Å². The van der Waals surface area contributed by atoms with Crippen molar-refractivity contribution in [1.82, 2.24) is 9.80 Å². The SMILES string of the molecule is O=C(C(c1ccccc1)c1ccccc1)N1CCN(C(=O)N2c3ccccc3C=Cc3ccccc32)[C@H](C2=NN=NC2)C1. The van der Waals surface area contributed by atoms with Crippen LogP contribution in [-0.2, 0) is 4.79 Å². The number of hydrogen-bond donors (Lipinski definition) is 0. The van der Waals surface area contributed by atoms with Crippen LogP contribution in [0.4, 0.5) is 16.2 Å². The van der Waals surface area contributed by atoms with Gasteiger partial charge in [0, 0.05) is 19.6 Å². The van der Waals surface area contributed by atoms with Crippen molar-refractivity contribution in [3.63, 3.8) is 0 Å². The van der Waals surface area contributed by atoms with Gasteiger partial charge in [0.05, 0.1) is 29.0 Å². The molecule has 212 valence electrons. The van der Waals surface area contributed by atoms with Gasteiger partial charge in [0.15, 0.2) is 0 Å². The summed E-state index contributed by atoms with van der Waals surface area (Å²) in [6.45, 7) is 1.35. The summed E-state index contributed by atoms with van der Waals surface area (Å²) < 4.78 is 0. The Morgan fingerprint density at radius 3 is 1.81 bits per heavy atom. The highest BCUT2D eigenvalue weighted by atomic mass is 16.2. The number of anilines is 2. The largest absolute Gasteiger partial charge is 0.338 e. The van der Waals surface area contributed by atoms with Crippen molar-refractivity contribution in [3.05, 3.63) is 131 Å². The van der Waals surface area contributed by atoms with Crippen molar-refractivity contribution in [1.29, 1.82) is 0 Å². The molecule has 3 heterocycles. The Morgan fingerprint density at radius 1 is 0.698 bits per heavy atom. The summed E-state index contributed by atoms with van der Waals surface area (Å²) >= 11 is 0. The number of hydrogen-bond acceptors (Lipinski definition) is 5. The summed E-state index contributed by atoms with van der Waals surface area (Å²) in [5, 5.41) is 12.3. The van der Waals surface area contributed by atoms with Crippen LogP contribution < -0.4 is 4.90 Å². The van der Waals surface area contributed by atoms with Crippen molar-refractivity contribution >= 4 is 41.2 Å². The Kier molecular flexibility index (Phi) is 7.08. The minimum absolute atomic E-state index is 0.00311. The molecule has 0 N–H and O–H groups in total. The number of piperazine rings is 1. The van der Waals surface area contributed by atoms with E-state index in [0.717, 1.165) is 33.6 Å². The predicted octanol–water partition coefficient (Wildman–Crippen LogP) is 6.60. The lowest BCUT2D eigenvalue weighted by Crippen LogP contribution is -2.62. The second kappa shape index (κ2) is 11.5. The van der Waals surface area contributed by atoms with Crippen LogP contribution >= 0.6 is 0 Å². The number of para-hydroxylation sites is 2. The molecule has 0 unspecified atom stereocenters. The van der Waals surface area contributed by atoms with Gasteiger partial charge in [0.25, 0.3) is 0 Å². The average Bonchev–Trinajstić information content (AvgIpc) is 3.55. The molecular weight excluding hydrogens is 536 g/mol. The molecule has 0 bridgehead atoms. The maximum Gasteiger partial charge on any atom is 0.329 e. The third-order valence-corrected chi connectivity index (χ3v) is 8.29. The van der Waals surface area contributed by atoms with Crippen LogP contribution in [-0.4, -0.2) is 59.7 Å². The van der Waals surface area contributed by atoms with Crippen LogP contribution in [0.3, 0.4) is 0 Å². The first-order valence-corrected chi connectivity index (χ1v) is 14.5. The highest BCUT2D eigenvalue weighted by Crippen LogP contribution is 2.38. The number of carbonyl (C=O) groups excluding carboxylic acids is 2. The fraction of sp³-hybridized carbons (Fsp3) is 0.171. The predicted molar refractivity (Wildman–Crippen MR) is 168 cm³/mol. The van der Waals surface area contributed by atoms with Crippen LogP contribution in [0.25, 0.3) is 12.2 Å². The number of amides is 3. The first-order chi connectivity index (χ1) is 21.2. The highest BCUT2D eigenvalue weighted by molar-refractivity contribution is 6.07. The van der Waals surface area contributed by atoms with Gasteiger partial charge in [-0.25, -0.2) is 4.79 Å². The fourth-order valence-electron chi connectivity index (χ4n) is 6.15. The number of fused-ring (bicyclic) bond motifs is 2. The first-order valence-electron chi connectivity index (χ1n) is 14.5. The molecule has 1 fully saturated rings. The summed E-state index contributed by atoms with van der Waals surface area (Å²) in [5.74, 6) is -0.461. The molecule has 4 aromatic rings. The molecule has 0 radical (unpaired) electrons. The molecule has 3 aliphatic rings. The van der Waals surface area contributed by atoms with Crippen molar-refractivity contribution in [2.75, 3.05) is 31.1 Å². The first kappa shape index (κ1) is 26.5. The zero-order chi connectivity index (χ0) is 29.2. The maximum atomic E-state index is 14.7. The van der Waals surface area contributed by atoms with Crippen molar-refractivity contribution in [3.8, 4) is 0 Å². The zero-order valence-corrected chi connectivity index (χ0v) is 23.5. The fourth-order valence-corrected chi connectivity index (χ4v) is 6.15. The van der Waals surface area contributed by atoms with Gasteiger partial charge < -0.3 is 9.80 Å². The number of benzene rings is 4. The Bertz CT molecular complexity index is 1660. The maximum absolute atomic E-state index is 14.7. The molecule has 1 atom stereocenters. The van der Waals surface area contributed by atoms with E-state index in [1.165, 1.54) is 0 Å². The third-order valence-electron chi connectivity index (χ3n) is 8.29. The summed E-state index contributed by atoms with van der Waals surface area (Å²) in [6, 6.07) is 34.9. The standard InChI is InChI=1S/C35H30N6O2/c42-34(33(27-13-3-1-4-14-27)28-15-5-2-6-16-28)39-21-22-40(32(24-39)29-23-36-38-37-29)35(43)41-30-17-9-7-11-25(30)19-20-26-12-8-10-18-31(26)41/h1-20,32-33H,21-24H2/t32-/m0/s1. The summed E-state index contributed by atoms with van der Waals surface area (Å²) in [7, 11) is 0. The molecule has 8 nitrogen and oxygen atoms in total. The van der Waals surface area contributed by atoms with E-state index < -0.39 is 12.0 Å². The van der Waals surface area contributed by atoms with Gasteiger partial charge in [-0.3, -0.25) is 9.69 Å². The third kappa shape index (κ3) is 5.01. The molecule has 4 aromatic carbocycles. The van der Waals surface area contributed by atoms with Gasteiger partial charge in [-0.05, 0) is 39.6 Å². The van der Waals surface area contributed by atoms with Crippen LogP contribution in [0.15, 0.2) is 125 Å². The van der Waals surface area contributed by atoms with Gasteiger partial charge in [-0.2, -0.15) is 5.11 Å². The van der Waals surface area contributed by atoms with Gasteiger partial charge in [0.2, 0.25) is 5.91 Å². The zero-order valence-electron chi connectivity index (χ0n) is 23.5. The molecule has 3 amide bonds. The van der Waals surface area contributed by atoms with Crippen LogP contribution in [0.2, 0.25) is 0 Å². The molecule has 7 rings (SSSR count). The lowest BCUT2D eigenvalue weighted by molar-refractivity contribution is -0.133. The number of carbonyl (C=O) groups is 2. The van der Waals surface area contributed by atoms with Gasteiger partial charge in [-0.15, -0.1) is 5.10 Å². The lowest BCUT2D eigenvalue weighted by Gasteiger charge is -2.44. The van der Waals surface area contributed by atoms with Crippen LogP contribution in [0, 0.1) is 0 Å². The summed E-state index contributed by atoms with van der Waals surface area (Å²) in [5.41, 5.74) is 6.06. The Balaban J connectivity index is 1.23. The minimum atomic E-state index is -0.470. The second-order valence-electron chi connectivity index (χ2n) is 10.8.